The molecule has 3 aromatic rings. The normalized spacial score (nSPS) is 10.8. The maximum atomic E-state index is 11.2. The second-order valence-corrected chi connectivity index (χ2v) is 5.45. The lowest BCUT2D eigenvalue weighted by atomic mass is 10.2. The Hall–Kier alpha value is -2.48. The second kappa shape index (κ2) is 4.89. The Morgan fingerprint density at radius 3 is 3.05 bits per heavy atom. The van der Waals surface area contributed by atoms with Crippen molar-refractivity contribution in [2.24, 2.45) is 0 Å². The molecule has 102 valence electrons. The Morgan fingerprint density at radius 2 is 2.35 bits per heavy atom. The molecule has 0 amide bonds. The first kappa shape index (κ1) is 12.5. The number of imidazole rings is 1. The number of aromatic nitrogens is 3. The van der Waals surface area contributed by atoms with Gasteiger partial charge >= 0.3 is 0 Å². The summed E-state index contributed by atoms with van der Waals surface area (Å²) in [4.78, 5) is 22.1. The van der Waals surface area contributed by atoms with Gasteiger partial charge in [0.05, 0.1) is 26.7 Å². The molecule has 7 nitrogen and oxygen atoms in total. The molecule has 0 unspecified atom stereocenters. The number of H-pyrrole nitrogens is 1. The molecule has 3 rings (SSSR count). The first-order chi connectivity index (χ1) is 9.63. The number of nitrogens with one attached hydrogen (secondary N) is 2. The van der Waals surface area contributed by atoms with Gasteiger partial charge in [0.1, 0.15) is 11.5 Å². The zero-order chi connectivity index (χ0) is 14.1. The number of rotatable bonds is 4. The number of aryl methyl sites for hydroxylation is 1. The molecular formula is C12H11N5O2S. The van der Waals surface area contributed by atoms with Gasteiger partial charge in [-0.25, -0.2) is 9.97 Å². The van der Waals surface area contributed by atoms with Crippen molar-refractivity contribution in [2.45, 2.75) is 13.5 Å². The van der Waals surface area contributed by atoms with Gasteiger partial charge in [0.25, 0.3) is 5.69 Å². The molecule has 0 saturated carbocycles. The summed E-state index contributed by atoms with van der Waals surface area (Å²) in [6.45, 7) is 2.27. The molecule has 2 heterocycles. The number of fused-ring (bicyclic) bond motifs is 1. The Labute approximate surface area is 117 Å². The van der Waals surface area contributed by atoms with Crippen LogP contribution < -0.4 is 5.32 Å². The van der Waals surface area contributed by atoms with Gasteiger partial charge in [-0.05, 0) is 13.0 Å². The lowest BCUT2D eigenvalue weighted by Gasteiger charge is -2.05. The first-order valence-corrected chi connectivity index (χ1v) is 6.73. The van der Waals surface area contributed by atoms with Crippen LogP contribution in [0, 0.1) is 17.0 Å². The molecule has 20 heavy (non-hydrogen) atoms. The number of hydrogen-bond donors (Lipinski definition) is 2. The Balaban J connectivity index is 1.98. The van der Waals surface area contributed by atoms with E-state index in [4.69, 9.17) is 0 Å². The van der Waals surface area contributed by atoms with E-state index < -0.39 is 0 Å². The number of nitro benzene ring substituents is 1. The minimum Gasteiger partial charge on any atom is -0.372 e. The molecule has 0 aliphatic carbocycles. The quantitative estimate of drug-likeness (QED) is 0.568. The van der Waals surface area contributed by atoms with Crippen molar-refractivity contribution in [1.29, 1.82) is 0 Å². The minimum atomic E-state index is -0.390. The summed E-state index contributed by atoms with van der Waals surface area (Å²) in [7, 11) is 0. The van der Waals surface area contributed by atoms with E-state index in [1.165, 1.54) is 11.3 Å². The number of anilines is 1. The highest BCUT2D eigenvalue weighted by molar-refractivity contribution is 7.18. The van der Waals surface area contributed by atoms with Gasteiger partial charge in [-0.15, -0.1) is 11.3 Å². The molecule has 0 atom stereocenters. The largest absolute Gasteiger partial charge is 0.372 e. The standard InChI is InChI=1S/C12H11N5O2S/c1-7-16-9-4-8(15-6-12-13-2-3-14-12)10(17(18)19)5-11(9)20-7/h2-5,15H,6H2,1H3,(H,13,14). The zero-order valence-corrected chi connectivity index (χ0v) is 11.4. The molecule has 0 fully saturated rings. The molecule has 1 aromatic carbocycles. The summed E-state index contributed by atoms with van der Waals surface area (Å²) < 4.78 is 0.817. The van der Waals surface area contributed by atoms with Crippen LogP contribution in [0.4, 0.5) is 11.4 Å². The van der Waals surface area contributed by atoms with Gasteiger partial charge in [0, 0.05) is 18.5 Å². The maximum Gasteiger partial charge on any atom is 0.293 e. The van der Waals surface area contributed by atoms with Crippen LogP contribution >= 0.6 is 11.3 Å². The van der Waals surface area contributed by atoms with Crippen LogP contribution in [0.2, 0.25) is 0 Å². The van der Waals surface area contributed by atoms with E-state index in [1.807, 2.05) is 6.92 Å². The molecular weight excluding hydrogens is 278 g/mol. The zero-order valence-electron chi connectivity index (χ0n) is 10.6. The summed E-state index contributed by atoms with van der Waals surface area (Å²) >= 11 is 1.45. The third kappa shape index (κ3) is 2.32. The number of hydrogen-bond acceptors (Lipinski definition) is 6. The fraction of sp³-hybridized carbons (Fsp3) is 0.167. The maximum absolute atomic E-state index is 11.2. The van der Waals surface area contributed by atoms with Gasteiger partial charge in [0.15, 0.2) is 0 Å². The lowest BCUT2D eigenvalue weighted by Crippen LogP contribution is -2.03. The average molecular weight is 289 g/mol. The Kier molecular flexibility index (Phi) is 3.07. The number of nitrogens with zero attached hydrogens (tertiary/aromatic N) is 3. The van der Waals surface area contributed by atoms with Gasteiger partial charge in [-0.1, -0.05) is 0 Å². The Bertz CT molecular complexity index is 766. The molecule has 2 aromatic heterocycles. The third-order valence-electron chi connectivity index (χ3n) is 2.81. The number of benzene rings is 1. The van der Waals surface area contributed by atoms with Crippen LogP contribution in [0.15, 0.2) is 24.5 Å². The summed E-state index contributed by atoms with van der Waals surface area (Å²) in [5.74, 6) is 0.717. The van der Waals surface area contributed by atoms with Gasteiger partial charge in [0.2, 0.25) is 0 Å². The summed E-state index contributed by atoms with van der Waals surface area (Å²) in [6, 6.07) is 3.27. The molecule has 0 saturated heterocycles. The highest BCUT2D eigenvalue weighted by atomic mass is 32.1. The molecule has 8 heteroatoms. The van der Waals surface area contributed by atoms with Crippen molar-refractivity contribution in [3.63, 3.8) is 0 Å². The van der Waals surface area contributed by atoms with Crippen LogP contribution in [0.3, 0.4) is 0 Å². The number of thiazole rings is 1. The van der Waals surface area contributed by atoms with E-state index in [9.17, 15) is 10.1 Å². The van der Waals surface area contributed by atoms with E-state index >= 15 is 0 Å². The lowest BCUT2D eigenvalue weighted by molar-refractivity contribution is -0.383. The summed E-state index contributed by atoms with van der Waals surface area (Å²) in [6.07, 6.45) is 3.34. The molecule has 0 bridgehead atoms. The van der Waals surface area contributed by atoms with E-state index in [0.29, 0.717) is 18.1 Å². The molecule has 0 spiro atoms. The highest BCUT2D eigenvalue weighted by Gasteiger charge is 2.17. The number of aromatic amines is 1. The molecule has 0 aliphatic heterocycles. The number of nitro groups is 1. The average Bonchev–Trinajstić information content (AvgIpc) is 3.02. The smallest absolute Gasteiger partial charge is 0.293 e. The molecule has 0 aliphatic rings. The van der Waals surface area contributed by atoms with Crippen LogP contribution in [0.5, 0.6) is 0 Å². The summed E-state index contributed by atoms with van der Waals surface area (Å²) in [5, 5.41) is 15.1. The van der Waals surface area contributed by atoms with Crippen LogP contribution in [-0.2, 0) is 6.54 Å². The third-order valence-corrected chi connectivity index (χ3v) is 3.74. The fourth-order valence-electron chi connectivity index (χ4n) is 1.94. The van der Waals surface area contributed by atoms with E-state index in [1.54, 1.807) is 24.5 Å². The van der Waals surface area contributed by atoms with E-state index in [0.717, 1.165) is 15.2 Å². The van der Waals surface area contributed by atoms with Crippen molar-refractivity contribution in [1.82, 2.24) is 15.0 Å². The fourth-order valence-corrected chi connectivity index (χ4v) is 2.79. The minimum absolute atomic E-state index is 0.0488. The predicted molar refractivity (Wildman–Crippen MR) is 76.9 cm³/mol. The second-order valence-electron chi connectivity index (χ2n) is 4.22. The van der Waals surface area contributed by atoms with Crippen molar-refractivity contribution in [2.75, 3.05) is 5.32 Å². The Morgan fingerprint density at radius 1 is 1.50 bits per heavy atom. The molecule has 2 N–H and O–H groups in total. The monoisotopic (exact) mass is 289 g/mol. The first-order valence-electron chi connectivity index (χ1n) is 5.91. The predicted octanol–water partition coefficient (Wildman–Crippen LogP) is 2.85. The van der Waals surface area contributed by atoms with Gasteiger partial charge < -0.3 is 10.3 Å². The van der Waals surface area contributed by atoms with E-state index in [2.05, 4.69) is 20.3 Å². The topological polar surface area (TPSA) is 96.7 Å². The molecule has 0 radical (unpaired) electrons. The van der Waals surface area contributed by atoms with Crippen LogP contribution in [0.1, 0.15) is 10.8 Å². The summed E-state index contributed by atoms with van der Waals surface area (Å²) in [5.41, 5.74) is 1.26. The van der Waals surface area contributed by atoms with Crippen molar-refractivity contribution < 1.29 is 4.92 Å². The van der Waals surface area contributed by atoms with Crippen LogP contribution in [-0.4, -0.2) is 19.9 Å². The van der Waals surface area contributed by atoms with Crippen LogP contribution in [0.25, 0.3) is 10.2 Å². The van der Waals surface area contributed by atoms with Crippen molar-refractivity contribution >= 4 is 32.9 Å². The SMILES string of the molecule is Cc1nc2cc(NCc3ncc[nH]3)c([N+](=O)[O-])cc2s1. The van der Waals surface area contributed by atoms with Crippen molar-refractivity contribution in [3.8, 4) is 0 Å². The van der Waals surface area contributed by atoms with Gasteiger partial charge in [-0.2, -0.15) is 0 Å². The highest BCUT2D eigenvalue weighted by Crippen LogP contribution is 2.33. The van der Waals surface area contributed by atoms with Gasteiger partial charge in [-0.3, -0.25) is 10.1 Å². The van der Waals surface area contributed by atoms with E-state index in [-0.39, 0.29) is 10.6 Å². The van der Waals surface area contributed by atoms with Crippen molar-refractivity contribution in [3.05, 3.63) is 45.5 Å².